The molecule has 1 aliphatic carbocycles. The van der Waals surface area contributed by atoms with E-state index in [0.717, 1.165) is 13.1 Å². The molecule has 2 heterocycles. The number of hydrogen-bond acceptors (Lipinski definition) is 2. The Morgan fingerprint density at radius 2 is 1.88 bits per heavy atom. The van der Waals surface area contributed by atoms with Gasteiger partial charge in [-0.1, -0.05) is 26.0 Å². The van der Waals surface area contributed by atoms with Gasteiger partial charge in [-0.2, -0.15) is 0 Å². The molecule has 2 N–H and O–H groups in total. The number of benzene rings is 1. The van der Waals surface area contributed by atoms with Gasteiger partial charge in [-0.15, -0.1) is 0 Å². The van der Waals surface area contributed by atoms with Crippen LogP contribution in [0, 0.1) is 5.92 Å². The van der Waals surface area contributed by atoms with Gasteiger partial charge < -0.3 is 10.3 Å². The second kappa shape index (κ2) is 5.75. The van der Waals surface area contributed by atoms with Crippen LogP contribution in [0.2, 0.25) is 0 Å². The van der Waals surface area contributed by atoms with Crippen LogP contribution in [-0.2, 0) is 12.0 Å². The monoisotopic (exact) mass is 319 g/mol. The average molecular weight is 319 g/mol. The fourth-order valence-electron chi connectivity index (χ4n) is 3.72. The molecular weight excluding hydrogens is 294 g/mol. The lowest BCUT2D eigenvalue weighted by molar-refractivity contribution is 0.533. The zero-order valence-electron chi connectivity index (χ0n) is 14.5. The van der Waals surface area contributed by atoms with Crippen molar-refractivity contribution < 1.29 is 0 Å². The topological polar surface area (TPSA) is 43.8 Å². The Balaban J connectivity index is 1.88. The molecule has 124 valence electrons. The lowest BCUT2D eigenvalue weighted by Crippen LogP contribution is -2.19. The van der Waals surface area contributed by atoms with E-state index in [9.17, 15) is 0 Å². The summed E-state index contributed by atoms with van der Waals surface area (Å²) in [4.78, 5) is 4.13. The summed E-state index contributed by atoms with van der Waals surface area (Å²) in [7, 11) is 0. The first kappa shape index (κ1) is 15.4. The fourth-order valence-corrected chi connectivity index (χ4v) is 3.72. The van der Waals surface area contributed by atoms with E-state index in [4.69, 9.17) is 5.73 Å². The molecule has 0 aliphatic heterocycles. The molecule has 0 unspecified atom stereocenters. The number of nitrogens with two attached hydrogens (primary N) is 1. The minimum Gasteiger partial charge on any atom is -0.347 e. The Kier molecular flexibility index (Phi) is 3.69. The van der Waals surface area contributed by atoms with Gasteiger partial charge >= 0.3 is 0 Å². The molecule has 2 aromatic heterocycles. The van der Waals surface area contributed by atoms with E-state index < -0.39 is 0 Å². The van der Waals surface area contributed by atoms with Crippen LogP contribution in [0.15, 0.2) is 48.9 Å². The molecule has 24 heavy (non-hydrogen) atoms. The Morgan fingerprint density at radius 1 is 1.12 bits per heavy atom. The third kappa shape index (κ3) is 2.53. The maximum absolute atomic E-state index is 6.11. The summed E-state index contributed by atoms with van der Waals surface area (Å²) < 4.78 is 2.43. The average Bonchev–Trinajstić information content (AvgIpc) is 3.32. The van der Waals surface area contributed by atoms with Gasteiger partial charge in [-0.25, -0.2) is 0 Å². The summed E-state index contributed by atoms with van der Waals surface area (Å²) in [6.07, 6.45) is 8.51. The molecule has 0 bridgehead atoms. The molecule has 0 amide bonds. The van der Waals surface area contributed by atoms with Gasteiger partial charge in [0, 0.05) is 48.0 Å². The van der Waals surface area contributed by atoms with E-state index in [2.05, 4.69) is 59.9 Å². The first-order chi connectivity index (χ1) is 11.6. The molecule has 0 saturated heterocycles. The lowest BCUT2D eigenvalue weighted by atomic mass is 9.94. The molecule has 1 saturated carbocycles. The van der Waals surface area contributed by atoms with Gasteiger partial charge in [0.25, 0.3) is 0 Å². The number of pyridine rings is 1. The predicted octanol–water partition coefficient (Wildman–Crippen LogP) is 4.35. The Bertz CT molecular complexity index is 857. The Labute approximate surface area is 143 Å². The van der Waals surface area contributed by atoms with Gasteiger partial charge in [0.15, 0.2) is 0 Å². The van der Waals surface area contributed by atoms with Crippen molar-refractivity contribution in [2.45, 2.75) is 38.6 Å². The third-order valence-corrected chi connectivity index (χ3v) is 5.27. The highest BCUT2D eigenvalue weighted by atomic mass is 15.0. The van der Waals surface area contributed by atoms with Crippen LogP contribution in [0.5, 0.6) is 0 Å². The highest BCUT2D eigenvalue weighted by molar-refractivity contribution is 5.89. The number of nitrogens with zero attached hydrogens (tertiary/aromatic N) is 2. The highest BCUT2D eigenvalue weighted by Crippen LogP contribution is 2.50. The van der Waals surface area contributed by atoms with Crippen molar-refractivity contribution >= 4 is 10.9 Å². The van der Waals surface area contributed by atoms with Crippen LogP contribution in [0.3, 0.4) is 0 Å². The van der Waals surface area contributed by atoms with E-state index in [-0.39, 0.29) is 5.41 Å². The molecule has 3 nitrogen and oxygen atoms in total. The minimum absolute atomic E-state index is 0.221. The van der Waals surface area contributed by atoms with Crippen molar-refractivity contribution in [1.82, 2.24) is 9.55 Å². The van der Waals surface area contributed by atoms with Gasteiger partial charge in [-0.05, 0) is 53.6 Å². The zero-order chi connectivity index (χ0) is 16.7. The number of hydrogen-bond donors (Lipinski definition) is 1. The summed E-state index contributed by atoms with van der Waals surface area (Å²) in [6.45, 7) is 6.33. The van der Waals surface area contributed by atoms with Crippen LogP contribution < -0.4 is 5.73 Å². The second-order valence-electron chi connectivity index (χ2n) is 7.54. The maximum atomic E-state index is 6.11. The largest absolute Gasteiger partial charge is 0.347 e. The molecule has 1 aromatic carbocycles. The van der Waals surface area contributed by atoms with Crippen LogP contribution in [-0.4, -0.2) is 16.1 Å². The van der Waals surface area contributed by atoms with Crippen molar-refractivity contribution in [1.29, 1.82) is 0 Å². The van der Waals surface area contributed by atoms with Crippen molar-refractivity contribution in [3.8, 4) is 11.1 Å². The highest BCUT2D eigenvalue weighted by Gasteiger charge is 2.44. The van der Waals surface area contributed by atoms with E-state index in [1.165, 1.54) is 40.4 Å². The molecule has 0 atom stereocenters. The zero-order valence-corrected chi connectivity index (χ0v) is 14.5. The van der Waals surface area contributed by atoms with Gasteiger partial charge in [0.05, 0.1) is 0 Å². The first-order valence-corrected chi connectivity index (χ1v) is 8.87. The summed E-state index contributed by atoms with van der Waals surface area (Å²) >= 11 is 0. The standard InChI is InChI=1S/C21H25N3/c1-15(2)12-24-13-19(21(14-22)7-8-21)18-4-3-17(11-20(18)24)16-5-9-23-10-6-16/h3-6,9-11,13,15H,7-8,12,14,22H2,1-2H3. The fraction of sp³-hybridized carbons (Fsp3) is 0.381. The quantitative estimate of drug-likeness (QED) is 0.760. The smallest absolute Gasteiger partial charge is 0.0489 e. The molecule has 3 aromatic rings. The Morgan fingerprint density at radius 3 is 2.50 bits per heavy atom. The minimum atomic E-state index is 0.221. The van der Waals surface area contributed by atoms with Crippen LogP contribution in [0.1, 0.15) is 32.3 Å². The Hall–Kier alpha value is -2.13. The first-order valence-electron chi connectivity index (χ1n) is 8.87. The normalized spacial score (nSPS) is 16.0. The van der Waals surface area contributed by atoms with E-state index in [1.807, 2.05) is 12.4 Å². The van der Waals surface area contributed by atoms with E-state index >= 15 is 0 Å². The van der Waals surface area contributed by atoms with Gasteiger partial charge in [0.1, 0.15) is 0 Å². The molecule has 3 heteroatoms. The molecule has 1 aliphatic rings. The maximum Gasteiger partial charge on any atom is 0.0489 e. The number of fused-ring (bicyclic) bond motifs is 1. The molecule has 0 spiro atoms. The van der Waals surface area contributed by atoms with Crippen molar-refractivity contribution in [3.63, 3.8) is 0 Å². The third-order valence-electron chi connectivity index (χ3n) is 5.27. The molecule has 1 fully saturated rings. The van der Waals surface area contributed by atoms with Crippen LogP contribution >= 0.6 is 0 Å². The van der Waals surface area contributed by atoms with Gasteiger partial charge in [-0.3, -0.25) is 4.98 Å². The van der Waals surface area contributed by atoms with Crippen molar-refractivity contribution in [2.24, 2.45) is 11.7 Å². The van der Waals surface area contributed by atoms with E-state index in [1.54, 1.807) is 0 Å². The summed E-state index contributed by atoms with van der Waals surface area (Å²) in [5.41, 5.74) is 11.6. The SMILES string of the molecule is CC(C)Cn1cc(C2(CN)CC2)c2ccc(-c3ccncc3)cc21. The summed E-state index contributed by atoms with van der Waals surface area (Å²) in [5, 5.41) is 1.37. The molecule has 0 radical (unpaired) electrons. The second-order valence-corrected chi connectivity index (χ2v) is 7.54. The van der Waals surface area contributed by atoms with Crippen molar-refractivity contribution in [3.05, 3.63) is 54.5 Å². The van der Waals surface area contributed by atoms with Crippen LogP contribution in [0.4, 0.5) is 0 Å². The molecular formula is C21H25N3. The number of rotatable bonds is 5. The lowest BCUT2D eigenvalue weighted by Gasteiger charge is -2.11. The summed E-state index contributed by atoms with van der Waals surface area (Å²) in [6, 6.07) is 11.0. The number of aromatic nitrogens is 2. The van der Waals surface area contributed by atoms with Crippen molar-refractivity contribution in [2.75, 3.05) is 6.54 Å². The summed E-state index contributed by atoms with van der Waals surface area (Å²) in [5.74, 6) is 0.617. The predicted molar refractivity (Wildman–Crippen MR) is 100.0 cm³/mol. The molecule has 4 rings (SSSR count). The van der Waals surface area contributed by atoms with E-state index in [0.29, 0.717) is 5.92 Å². The van der Waals surface area contributed by atoms with Gasteiger partial charge in [0.2, 0.25) is 0 Å². The van der Waals surface area contributed by atoms with Crippen LogP contribution in [0.25, 0.3) is 22.0 Å².